The number of aromatic nitrogens is 2. The molecule has 2 aromatic carbocycles. The Morgan fingerprint density at radius 3 is 2.27 bits per heavy atom. The van der Waals surface area contributed by atoms with Crippen molar-refractivity contribution >= 4 is 11.8 Å². The number of carboxylic acids is 1. The van der Waals surface area contributed by atoms with Gasteiger partial charge in [-0.3, -0.25) is 9.59 Å². The van der Waals surface area contributed by atoms with Gasteiger partial charge in [-0.15, -0.1) is 0 Å². The van der Waals surface area contributed by atoms with Crippen molar-refractivity contribution < 1.29 is 14.7 Å². The summed E-state index contributed by atoms with van der Waals surface area (Å²) in [6, 6.07) is 16.0. The van der Waals surface area contributed by atoms with Gasteiger partial charge in [-0.25, -0.2) is 4.98 Å². The van der Waals surface area contributed by atoms with Crippen molar-refractivity contribution in [2.75, 3.05) is 0 Å². The lowest BCUT2D eigenvalue weighted by atomic mass is 9.77. The van der Waals surface area contributed by atoms with E-state index in [1.165, 1.54) is 0 Å². The second kappa shape index (κ2) is 10.5. The number of nitrogens with one attached hydrogen (secondary N) is 1. The molecular weight excluding hydrogens is 380 g/mol. The molecule has 0 saturated heterocycles. The maximum atomic E-state index is 13.0. The smallest absolute Gasteiger partial charge is 0.320 e. The Bertz CT molecular complexity index is 954. The molecule has 1 unspecified atom stereocenters. The number of aliphatic carboxylic acids is 1. The van der Waals surface area contributed by atoms with E-state index >= 15 is 0 Å². The molecule has 1 aromatic heterocycles. The van der Waals surface area contributed by atoms with E-state index < -0.39 is 17.4 Å². The van der Waals surface area contributed by atoms with E-state index in [-0.39, 0.29) is 12.2 Å². The van der Waals surface area contributed by atoms with Crippen molar-refractivity contribution in [3.63, 3.8) is 0 Å². The fourth-order valence-electron chi connectivity index (χ4n) is 3.04. The molecule has 3 aromatic rings. The second-order valence-electron chi connectivity index (χ2n) is 7.55. The zero-order valence-corrected chi connectivity index (χ0v) is 17.2. The zero-order valence-electron chi connectivity index (χ0n) is 17.2. The molecule has 1 atom stereocenters. The van der Waals surface area contributed by atoms with Gasteiger partial charge in [0.05, 0.1) is 6.33 Å². The number of rotatable bonds is 7. The Hall–Kier alpha value is -3.29. The maximum Gasteiger partial charge on any atom is 0.320 e. The van der Waals surface area contributed by atoms with E-state index in [1.54, 1.807) is 32.4 Å². The number of hydrogen-bond acceptors (Lipinski definition) is 5. The maximum absolute atomic E-state index is 13.0. The summed E-state index contributed by atoms with van der Waals surface area (Å²) in [5.41, 5.74) is 13.3. The Balaban J connectivity index is 0.000000386. The molecule has 7 heteroatoms. The highest BCUT2D eigenvalue weighted by Crippen LogP contribution is 2.32. The van der Waals surface area contributed by atoms with Crippen molar-refractivity contribution in [3.8, 4) is 11.1 Å². The molecule has 0 amide bonds. The lowest BCUT2D eigenvalue weighted by molar-refractivity contribution is -0.139. The minimum Gasteiger partial charge on any atom is -0.480 e. The number of H-pyrrole nitrogens is 1. The summed E-state index contributed by atoms with van der Waals surface area (Å²) in [6.07, 6.45) is 3.41. The molecule has 158 valence electrons. The van der Waals surface area contributed by atoms with Gasteiger partial charge in [0, 0.05) is 29.4 Å². The number of hydrogen-bond donors (Lipinski definition) is 4. The predicted octanol–water partition coefficient (Wildman–Crippen LogP) is 3.23. The third-order valence-electron chi connectivity index (χ3n) is 4.69. The third-order valence-corrected chi connectivity index (χ3v) is 4.69. The Morgan fingerprint density at radius 1 is 1.10 bits per heavy atom. The summed E-state index contributed by atoms with van der Waals surface area (Å²) in [6.45, 7) is 4.01. The zero-order chi connectivity index (χ0) is 22.1. The average Bonchev–Trinajstić information content (AvgIpc) is 3.28. The number of carbonyl (C=O) groups excluding carboxylic acids is 1. The summed E-state index contributed by atoms with van der Waals surface area (Å²) < 4.78 is 0. The number of carbonyl (C=O) groups is 2. The van der Waals surface area contributed by atoms with Crippen LogP contribution in [0.15, 0.2) is 67.1 Å². The van der Waals surface area contributed by atoms with Crippen LogP contribution in [0.3, 0.4) is 0 Å². The normalized spacial score (nSPS) is 11.9. The molecule has 30 heavy (non-hydrogen) atoms. The topological polar surface area (TPSA) is 135 Å². The van der Waals surface area contributed by atoms with Gasteiger partial charge >= 0.3 is 5.97 Å². The summed E-state index contributed by atoms with van der Waals surface area (Å²) in [7, 11) is 0. The molecule has 1 heterocycles. The van der Waals surface area contributed by atoms with Gasteiger partial charge in [0.25, 0.3) is 0 Å². The van der Waals surface area contributed by atoms with E-state index in [9.17, 15) is 9.59 Å². The quantitative estimate of drug-likeness (QED) is 0.443. The molecule has 0 fully saturated rings. The van der Waals surface area contributed by atoms with Crippen molar-refractivity contribution in [2.45, 2.75) is 32.9 Å². The first-order valence-electron chi connectivity index (χ1n) is 9.61. The number of aromatic amines is 1. The van der Waals surface area contributed by atoms with Crippen molar-refractivity contribution in [1.29, 1.82) is 0 Å². The predicted molar refractivity (Wildman–Crippen MR) is 117 cm³/mol. The molecule has 0 radical (unpaired) electrons. The number of nitrogens with zero attached hydrogens (tertiary/aromatic N) is 1. The van der Waals surface area contributed by atoms with Crippen LogP contribution in [0.4, 0.5) is 0 Å². The van der Waals surface area contributed by atoms with E-state index in [0.29, 0.717) is 12.1 Å². The summed E-state index contributed by atoms with van der Waals surface area (Å²) in [4.78, 5) is 30.6. The molecule has 0 spiro atoms. The van der Waals surface area contributed by atoms with Gasteiger partial charge in [0.1, 0.15) is 6.04 Å². The fourth-order valence-corrected chi connectivity index (χ4v) is 3.04. The van der Waals surface area contributed by atoms with Gasteiger partial charge < -0.3 is 21.6 Å². The largest absolute Gasteiger partial charge is 0.480 e. The lowest BCUT2D eigenvalue weighted by Gasteiger charge is -2.26. The minimum atomic E-state index is -1.10. The van der Waals surface area contributed by atoms with Crippen molar-refractivity contribution in [1.82, 2.24) is 9.97 Å². The molecule has 6 N–H and O–H groups in total. The second-order valence-corrected chi connectivity index (χ2v) is 7.55. The molecule has 0 saturated carbocycles. The standard InChI is InChI=1S/C19H21NO3.C4H7N3/c1-19(2,12-16(20)18(22)23)17(21)15-11-7-6-10-14(15)13-8-4-3-5-9-13;5-1-4-2-6-3-7-4/h3-11,16H,12,20H2,1-2H3,(H,22,23);2-3H,1,5H2,(H,6,7). The number of Topliss-reactive ketones (excluding diaryl/α,β-unsaturated/α-hetero) is 1. The van der Waals surface area contributed by atoms with Crippen LogP contribution in [0.1, 0.15) is 36.3 Å². The van der Waals surface area contributed by atoms with Gasteiger partial charge in [-0.05, 0) is 17.5 Å². The number of benzene rings is 2. The van der Waals surface area contributed by atoms with Crippen LogP contribution >= 0.6 is 0 Å². The highest BCUT2D eigenvalue weighted by Gasteiger charge is 2.33. The number of ketones is 1. The lowest BCUT2D eigenvalue weighted by Crippen LogP contribution is -2.38. The Kier molecular flexibility index (Phi) is 8.03. The van der Waals surface area contributed by atoms with Crippen LogP contribution in [0.2, 0.25) is 0 Å². The van der Waals surface area contributed by atoms with Gasteiger partial charge in [-0.2, -0.15) is 0 Å². The van der Waals surface area contributed by atoms with Crippen LogP contribution in [0.5, 0.6) is 0 Å². The molecule has 0 aliphatic rings. The van der Waals surface area contributed by atoms with Crippen LogP contribution in [-0.2, 0) is 11.3 Å². The highest BCUT2D eigenvalue weighted by atomic mass is 16.4. The van der Waals surface area contributed by atoms with E-state index in [4.69, 9.17) is 16.6 Å². The first-order valence-corrected chi connectivity index (χ1v) is 9.61. The van der Waals surface area contributed by atoms with Crippen LogP contribution in [-0.4, -0.2) is 32.9 Å². The fraction of sp³-hybridized carbons (Fsp3) is 0.261. The van der Waals surface area contributed by atoms with Gasteiger partial charge in [-0.1, -0.05) is 68.4 Å². The Labute approximate surface area is 176 Å². The van der Waals surface area contributed by atoms with Gasteiger partial charge in [0.15, 0.2) is 5.78 Å². The van der Waals surface area contributed by atoms with Crippen LogP contribution in [0, 0.1) is 5.41 Å². The summed E-state index contributed by atoms with van der Waals surface area (Å²) in [5, 5.41) is 8.99. The first kappa shape index (κ1) is 23.0. The van der Waals surface area contributed by atoms with Gasteiger partial charge in [0.2, 0.25) is 0 Å². The number of nitrogens with two attached hydrogens (primary N) is 2. The number of imidazole rings is 1. The molecule has 3 rings (SSSR count). The Morgan fingerprint density at radius 2 is 1.73 bits per heavy atom. The highest BCUT2D eigenvalue weighted by molar-refractivity contribution is 6.05. The van der Waals surface area contributed by atoms with E-state index in [2.05, 4.69) is 9.97 Å². The van der Waals surface area contributed by atoms with Crippen LogP contribution < -0.4 is 11.5 Å². The molecule has 0 aliphatic carbocycles. The van der Waals surface area contributed by atoms with E-state index in [0.717, 1.165) is 16.8 Å². The summed E-state index contributed by atoms with van der Waals surface area (Å²) >= 11 is 0. The van der Waals surface area contributed by atoms with Crippen molar-refractivity contribution in [3.05, 3.63) is 78.4 Å². The SMILES string of the molecule is CC(C)(CC(N)C(=O)O)C(=O)c1ccccc1-c1ccccc1.NCc1cnc[nH]1. The molecule has 7 nitrogen and oxygen atoms in total. The monoisotopic (exact) mass is 408 g/mol. The molecule has 0 bridgehead atoms. The molecule has 0 aliphatic heterocycles. The van der Waals surface area contributed by atoms with E-state index in [1.807, 2.05) is 48.5 Å². The first-order chi connectivity index (χ1) is 14.3. The molecular formula is C23H28N4O3. The van der Waals surface area contributed by atoms with Crippen molar-refractivity contribution in [2.24, 2.45) is 16.9 Å². The summed E-state index contributed by atoms with van der Waals surface area (Å²) in [5.74, 6) is -1.20. The average molecular weight is 409 g/mol. The van der Waals surface area contributed by atoms with Crippen LogP contribution in [0.25, 0.3) is 11.1 Å². The third kappa shape index (κ3) is 6.10. The minimum absolute atomic E-state index is 0.0876. The number of carboxylic acid groups (broad SMARTS) is 1.